The van der Waals surface area contributed by atoms with E-state index in [1.165, 1.54) is 36.4 Å². The molecule has 0 aliphatic heterocycles. The molecule has 0 saturated heterocycles. The minimum atomic E-state index is -3.37. The van der Waals surface area contributed by atoms with E-state index >= 15 is 0 Å². The average Bonchev–Trinajstić information content (AvgIpc) is 3.09. The molecule has 130 valence electrons. The summed E-state index contributed by atoms with van der Waals surface area (Å²) in [6.07, 6.45) is 1.10. The van der Waals surface area contributed by atoms with E-state index in [1.807, 2.05) is 6.07 Å². The highest BCUT2D eigenvalue weighted by atomic mass is 32.2. The van der Waals surface area contributed by atoms with E-state index in [4.69, 9.17) is 9.68 Å². The van der Waals surface area contributed by atoms with Crippen LogP contribution in [-0.2, 0) is 9.84 Å². The number of carbonyl (C=O) groups excluding carboxylic acids is 1. The van der Waals surface area contributed by atoms with Gasteiger partial charge in [0.15, 0.2) is 9.84 Å². The molecule has 0 spiro atoms. The number of hydrogen-bond acceptors (Lipinski definition) is 7. The zero-order valence-electron chi connectivity index (χ0n) is 13.5. The van der Waals surface area contributed by atoms with E-state index in [0.717, 1.165) is 6.26 Å². The van der Waals surface area contributed by atoms with Crippen LogP contribution in [0, 0.1) is 11.3 Å². The molecule has 1 heterocycles. The van der Waals surface area contributed by atoms with Crippen LogP contribution in [0.4, 0.5) is 6.01 Å². The van der Waals surface area contributed by atoms with Gasteiger partial charge in [-0.3, -0.25) is 10.1 Å². The van der Waals surface area contributed by atoms with Gasteiger partial charge in [0.25, 0.3) is 5.91 Å². The molecule has 0 atom stereocenters. The van der Waals surface area contributed by atoms with Crippen LogP contribution in [0.5, 0.6) is 0 Å². The van der Waals surface area contributed by atoms with Crippen LogP contribution in [0.1, 0.15) is 15.9 Å². The fourth-order valence-electron chi connectivity index (χ4n) is 2.12. The molecule has 26 heavy (non-hydrogen) atoms. The van der Waals surface area contributed by atoms with E-state index in [1.54, 1.807) is 12.1 Å². The topological polar surface area (TPSA) is 126 Å². The van der Waals surface area contributed by atoms with Crippen molar-refractivity contribution in [3.63, 3.8) is 0 Å². The Morgan fingerprint density at radius 1 is 1.15 bits per heavy atom. The molecule has 0 radical (unpaired) electrons. The SMILES string of the molecule is CS(=O)(=O)c1cccc(-c2nnc(NC(=O)c3ccc(C#N)cc3)o2)c1. The van der Waals surface area contributed by atoms with Crippen molar-refractivity contribution >= 4 is 21.8 Å². The molecular formula is C17H12N4O4S. The molecular weight excluding hydrogens is 356 g/mol. The number of sulfone groups is 1. The second-order valence-electron chi connectivity index (χ2n) is 5.36. The molecule has 3 rings (SSSR count). The Labute approximate surface area is 149 Å². The number of nitrogens with zero attached hydrogens (tertiary/aromatic N) is 3. The Hall–Kier alpha value is -3.51. The fourth-order valence-corrected chi connectivity index (χ4v) is 2.78. The van der Waals surface area contributed by atoms with Gasteiger partial charge in [0.05, 0.1) is 16.5 Å². The predicted molar refractivity (Wildman–Crippen MR) is 92.0 cm³/mol. The Bertz CT molecular complexity index is 1110. The van der Waals surface area contributed by atoms with E-state index in [0.29, 0.717) is 16.7 Å². The molecule has 8 nitrogen and oxygen atoms in total. The zero-order valence-corrected chi connectivity index (χ0v) is 14.3. The third kappa shape index (κ3) is 3.76. The first-order chi connectivity index (χ1) is 12.4. The molecule has 0 aliphatic rings. The van der Waals surface area contributed by atoms with Crippen LogP contribution in [0.2, 0.25) is 0 Å². The molecule has 0 fully saturated rings. The van der Waals surface area contributed by atoms with Crippen molar-refractivity contribution in [1.29, 1.82) is 5.26 Å². The average molecular weight is 368 g/mol. The first kappa shape index (κ1) is 17.3. The molecule has 3 aromatic rings. The van der Waals surface area contributed by atoms with Crippen molar-refractivity contribution in [3.05, 3.63) is 59.7 Å². The fraction of sp³-hybridized carbons (Fsp3) is 0.0588. The van der Waals surface area contributed by atoms with Crippen LogP contribution in [0.15, 0.2) is 57.8 Å². The van der Waals surface area contributed by atoms with Gasteiger partial charge in [-0.2, -0.15) is 5.26 Å². The molecule has 0 saturated carbocycles. The summed E-state index contributed by atoms with van der Waals surface area (Å²) in [6, 6.07) is 13.9. The van der Waals surface area contributed by atoms with Gasteiger partial charge in [-0.05, 0) is 42.5 Å². The summed E-state index contributed by atoms with van der Waals surface area (Å²) >= 11 is 0. The lowest BCUT2D eigenvalue weighted by Crippen LogP contribution is -2.11. The van der Waals surface area contributed by atoms with Gasteiger partial charge < -0.3 is 4.42 Å². The van der Waals surface area contributed by atoms with Gasteiger partial charge in [-0.15, -0.1) is 5.10 Å². The largest absolute Gasteiger partial charge is 0.403 e. The first-order valence-electron chi connectivity index (χ1n) is 7.32. The molecule has 9 heteroatoms. The van der Waals surface area contributed by atoms with Crippen molar-refractivity contribution in [3.8, 4) is 17.5 Å². The van der Waals surface area contributed by atoms with Crippen LogP contribution in [0.3, 0.4) is 0 Å². The minimum Gasteiger partial charge on any atom is -0.403 e. The number of hydrogen-bond donors (Lipinski definition) is 1. The number of amides is 1. The van der Waals surface area contributed by atoms with Gasteiger partial charge in [0.2, 0.25) is 5.89 Å². The lowest BCUT2D eigenvalue weighted by molar-refractivity contribution is 0.102. The van der Waals surface area contributed by atoms with E-state index in [9.17, 15) is 13.2 Å². The van der Waals surface area contributed by atoms with Crippen LogP contribution in [0.25, 0.3) is 11.5 Å². The highest BCUT2D eigenvalue weighted by Gasteiger charge is 2.15. The summed E-state index contributed by atoms with van der Waals surface area (Å²) in [4.78, 5) is 12.3. The maximum absolute atomic E-state index is 12.1. The maximum Gasteiger partial charge on any atom is 0.322 e. The van der Waals surface area contributed by atoms with Crippen molar-refractivity contribution in [2.75, 3.05) is 11.6 Å². The Balaban J connectivity index is 1.80. The lowest BCUT2D eigenvalue weighted by atomic mass is 10.1. The van der Waals surface area contributed by atoms with E-state index < -0.39 is 15.7 Å². The van der Waals surface area contributed by atoms with Gasteiger partial charge in [-0.25, -0.2) is 8.42 Å². The molecule has 1 aromatic heterocycles. The van der Waals surface area contributed by atoms with Gasteiger partial charge >= 0.3 is 6.01 Å². The zero-order chi connectivity index (χ0) is 18.7. The van der Waals surface area contributed by atoms with Crippen molar-refractivity contribution in [2.24, 2.45) is 0 Å². The van der Waals surface area contributed by atoms with Crippen molar-refractivity contribution in [2.45, 2.75) is 4.90 Å². The second-order valence-corrected chi connectivity index (χ2v) is 7.37. The summed E-state index contributed by atoms with van der Waals surface area (Å²) < 4.78 is 28.6. The monoisotopic (exact) mass is 368 g/mol. The summed E-state index contributed by atoms with van der Waals surface area (Å²) in [7, 11) is -3.37. The Kier molecular flexibility index (Phi) is 4.51. The number of anilines is 1. The Morgan fingerprint density at radius 2 is 1.88 bits per heavy atom. The Morgan fingerprint density at radius 3 is 2.54 bits per heavy atom. The van der Waals surface area contributed by atoms with Crippen molar-refractivity contribution < 1.29 is 17.6 Å². The summed E-state index contributed by atoms with van der Waals surface area (Å²) in [5.74, 6) is -0.403. The van der Waals surface area contributed by atoms with Crippen molar-refractivity contribution in [1.82, 2.24) is 10.2 Å². The third-order valence-electron chi connectivity index (χ3n) is 3.43. The molecule has 1 amide bonds. The van der Waals surface area contributed by atoms with Crippen LogP contribution in [-0.4, -0.2) is 30.8 Å². The molecule has 0 aliphatic carbocycles. The van der Waals surface area contributed by atoms with Crippen LogP contribution >= 0.6 is 0 Å². The molecule has 0 bridgehead atoms. The van der Waals surface area contributed by atoms with Gasteiger partial charge in [0.1, 0.15) is 0 Å². The number of rotatable bonds is 4. The quantitative estimate of drug-likeness (QED) is 0.748. The van der Waals surface area contributed by atoms with Gasteiger partial charge in [0, 0.05) is 17.4 Å². The predicted octanol–water partition coefficient (Wildman–Crippen LogP) is 2.26. The smallest absolute Gasteiger partial charge is 0.322 e. The summed E-state index contributed by atoms with van der Waals surface area (Å²) in [5, 5.41) is 18.8. The number of nitriles is 1. The normalized spacial score (nSPS) is 10.9. The number of aromatic nitrogens is 2. The minimum absolute atomic E-state index is 0.0747. The number of carbonyl (C=O) groups is 1. The second kappa shape index (κ2) is 6.78. The van der Waals surface area contributed by atoms with E-state index in [-0.39, 0.29) is 16.8 Å². The maximum atomic E-state index is 12.1. The summed E-state index contributed by atoms with van der Waals surface area (Å²) in [5.41, 5.74) is 1.18. The number of benzene rings is 2. The van der Waals surface area contributed by atoms with Gasteiger partial charge in [-0.1, -0.05) is 11.2 Å². The lowest BCUT2D eigenvalue weighted by Gasteiger charge is -2.01. The highest BCUT2D eigenvalue weighted by Crippen LogP contribution is 2.23. The van der Waals surface area contributed by atoms with Crippen LogP contribution < -0.4 is 5.32 Å². The third-order valence-corrected chi connectivity index (χ3v) is 4.54. The summed E-state index contributed by atoms with van der Waals surface area (Å²) in [6.45, 7) is 0. The highest BCUT2D eigenvalue weighted by molar-refractivity contribution is 7.90. The number of nitrogens with one attached hydrogen (secondary N) is 1. The molecule has 0 unspecified atom stereocenters. The first-order valence-corrected chi connectivity index (χ1v) is 9.21. The molecule has 2 aromatic carbocycles. The molecule has 1 N–H and O–H groups in total. The van der Waals surface area contributed by atoms with E-state index in [2.05, 4.69) is 15.5 Å². The standard InChI is InChI=1S/C17H12N4O4S/c1-26(23,24)14-4-2-3-13(9-14)16-20-21-17(25-16)19-15(22)12-7-5-11(10-18)6-8-12/h2-9H,1H3,(H,19,21,22).